The first-order valence-corrected chi connectivity index (χ1v) is 12.6. The summed E-state index contributed by atoms with van der Waals surface area (Å²) in [6.07, 6.45) is 4.47. The van der Waals surface area contributed by atoms with E-state index in [-0.39, 0.29) is 30.2 Å². The molecule has 3 aromatic rings. The maximum Gasteiger partial charge on any atom is 0.259 e. The average Bonchev–Trinajstić information content (AvgIpc) is 2.96. The van der Waals surface area contributed by atoms with Gasteiger partial charge in [0.15, 0.2) is 0 Å². The molecule has 1 heterocycles. The van der Waals surface area contributed by atoms with Crippen molar-refractivity contribution < 1.29 is 14.0 Å². The Morgan fingerprint density at radius 3 is 2.59 bits per heavy atom. The minimum Gasteiger partial charge on any atom is -0.349 e. The van der Waals surface area contributed by atoms with Gasteiger partial charge in [0.25, 0.3) is 11.8 Å². The van der Waals surface area contributed by atoms with Crippen molar-refractivity contribution in [1.82, 2.24) is 5.32 Å². The van der Waals surface area contributed by atoms with E-state index in [4.69, 9.17) is 0 Å². The number of hydrogen-bond donors (Lipinski definition) is 1. The van der Waals surface area contributed by atoms with Crippen molar-refractivity contribution >= 4 is 29.3 Å². The number of anilines is 1. The molecule has 3 aromatic carbocycles. The number of benzene rings is 3. The Morgan fingerprint density at radius 1 is 1.03 bits per heavy atom. The van der Waals surface area contributed by atoms with Crippen LogP contribution in [0.5, 0.6) is 0 Å². The van der Waals surface area contributed by atoms with Crippen LogP contribution in [0.3, 0.4) is 0 Å². The highest BCUT2D eigenvalue weighted by Crippen LogP contribution is 2.42. The molecule has 0 saturated heterocycles. The van der Waals surface area contributed by atoms with Gasteiger partial charge < -0.3 is 10.2 Å². The molecule has 34 heavy (non-hydrogen) atoms. The molecule has 6 heteroatoms. The zero-order chi connectivity index (χ0) is 23.7. The SMILES string of the molecule is C[C@H]1CCCC[C@@H]1NC(=O)c1ccc2c(c1)N(Cc1ccc(F)cc1)C(=O)c1ccccc1S2. The van der Waals surface area contributed by atoms with Crippen LogP contribution in [0.25, 0.3) is 0 Å². The summed E-state index contributed by atoms with van der Waals surface area (Å²) in [7, 11) is 0. The molecule has 1 aliphatic carbocycles. The zero-order valence-electron chi connectivity index (χ0n) is 19.1. The Hall–Kier alpha value is -3.12. The molecule has 2 atom stereocenters. The van der Waals surface area contributed by atoms with Gasteiger partial charge in [-0.2, -0.15) is 0 Å². The first-order chi connectivity index (χ1) is 16.5. The van der Waals surface area contributed by atoms with Crippen LogP contribution in [0.4, 0.5) is 10.1 Å². The van der Waals surface area contributed by atoms with Gasteiger partial charge in [0.05, 0.1) is 17.8 Å². The first-order valence-electron chi connectivity index (χ1n) is 11.8. The van der Waals surface area contributed by atoms with E-state index in [2.05, 4.69) is 12.2 Å². The number of carbonyl (C=O) groups excluding carboxylic acids is 2. The Bertz CT molecular complexity index is 1230. The molecular weight excluding hydrogens is 447 g/mol. The van der Waals surface area contributed by atoms with Crippen LogP contribution >= 0.6 is 11.8 Å². The van der Waals surface area contributed by atoms with Gasteiger partial charge in [-0.05, 0) is 66.8 Å². The predicted molar refractivity (Wildman–Crippen MR) is 133 cm³/mol. The summed E-state index contributed by atoms with van der Waals surface area (Å²) in [4.78, 5) is 30.3. The molecular formula is C28H27FN2O2S. The van der Waals surface area contributed by atoms with Gasteiger partial charge in [-0.25, -0.2) is 4.39 Å². The van der Waals surface area contributed by atoms with Gasteiger partial charge in [0.2, 0.25) is 0 Å². The lowest BCUT2D eigenvalue weighted by molar-refractivity contribution is 0.0908. The van der Waals surface area contributed by atoms with E-state index in [0.29, 0.717) is 22.7 Å². The summed E-state index contributed by atoms with van der Waals surface area (Å²) in [5.74, 6) is -0.101. The van der Waals surface area contributed by atoms with E-state index in [9.17, 15) is 14.0 Å². The van der Waals surface area contributed by atoms with Crippen LogP contribution in [0, 0.1) is 11.7 Å². The molecule has 2 amide bonds. The third-order valence-corrected chi connectivity index (χ3v) is 7.92. The quantitative estimate of drug-likeness (QED) is 0.473. The Labute approximate surface area is 203 Å². The standard InChI is InChI=1S/C28H27FN2O2S/c1-18-6-2-4-8-23(18)30-27(32)20-12-15-26-24(16-20)31(17-19-10-13-21(29)14-11-19)28(33)22-7-3-5-9-25(22)34-26/h3,5,7,9-16,18,23H,2,4,6,8,17H2,1H3,(H,30,32)/t18-,23-/m0/s1. The number of hydrogen-bond acceptors (Lipinski definition) is 3. The van der Waals surface area contributed by atoms with Gasteiger partial charge in [0.1, 0.15) is 5.82 Å². The fourth-order valence-electron chi connectivity index (χ4n) is 4.77. The second-order valence-corrected chi connectivity index (χ2v) is 10.2. The highest BCUT2D eigenvalue weighted by atomic mass is 32.2. The van der Waals surface area contributed by atoms with Crippen LogP contribution in [-0.4, -0.2) is 17.9 Å². The maximum absolute atomic E-state index is 13.6. The summed E-state index contributed by atoms with van der Waals surface area (Å²) >= 11 is 1.53. The van der Waals surface area contributed by atoms with Crippen LogP contribution in [0.1, 0.15) is 58.9 Å². The summed E-state index contributed by atoms with van der Waals surface area (Å²) in [6.45, 7) is 2.48. The average molecular weight is 475 g/mol. The normalized spacial score (nSPS) is 19.7. The number of amides is 2. The highest BCUT2D eigenvalue weighted by molar-refractivity contribution is 7.99. The topological polar surface area (TPSA) is 49.4 Å². The number of halogens is 1. The number of nitrogens with one attached hydrogen (secondary N) is 1. The van der Waals surface area contributed by atoms with Gasteiger partial charge in [-0.1, -0.05) is 55.8 Å². The van der Waals surface area contributed by atoms with Crippen molar-refractivity contribution in [3.8, 4) is 0 Å². The van der Waals surface area contributed by atoms with Gasteiger partial charge >= 0.3 is 0 Å². The van der Waals surface area contributed by atoms with Crippen LogP contribution < -0.4 is 10.2 Å². The van der Waals surface area contributed by atoms with Gasteiger partial charge in [-0.15, -0.1) is 0 Å². The van der Waals surface area contributed by atoms with Crippen LogP contribution in [0.2, 0.25) is 0 Å². The monoisotopic (exact) mass is 474 g/mol. The molecule has 0 aromatic heterocycles. The molecule has 1 N–H and O–H groups in total. The Kier molecular flexibility index (Phi) is 6.42. The highest BCUT2D eigenvalue weighted by Gasteiger charge is 2.29. The second kappa shape index (κ2) is 9.63. The molecule has 1 fully saturated rings. The van der Waals surface area contributed by atoms with Crippen LogP contribution in [-0.2, 0) is 6.54 Å². The predicted octanol–water partition coefficient (Wildman–Crippen LogP) is 6.45. The number of rotatable bonds is 4. The molecule has 0 radical (unpaired) electrons. The van der Waals surface area contributed by atoms with E-state index in [1.807, 2.05) is 42.5 Å². The molecule has 0 unspecified atom stereocenters. The van der Waals surface area contributed by atoms with E-state index in [1.165, 1.54) is 30.3 Å². The van der Waals surface area contributed by atoms with Crippen molar-refractivity contribution in [3.63, 3.8) is 0 Å². The number of nitrogens with zero attached hydrogens (tertiary/aromatic N) is 1. The zero-order valence-corrected chi connectivity index (χ0v) is 19.9. The Balaban J connectivity index is 1.51. The van der Waals surface area contributed by atoms with Crippen molar-refractivity contribution in [2.45, 2.75) is 55.0 Å². The van der Waals surface area contributed by atoms with Crippen molar-refractivity contribution in [1.29, 1.82) is 0 Å². The fourth-order valence-corrected chi connectivity index (χ4v) is 5.83. The molecule has 5 rings (SSSR count). The van der Waals surface area contributed by atoms with Crippen molar-refractivity contribution in [2.24, 2.45) is 5.92 Å². The summed E-state index contributed by atoms with van der Waals surface area (Å²) in [5.41, 5.74) is 2.67. The maximum atomic E-state index is 13.6. The fraction of sp³-hybridized carbons (Fsp3) is 0.286. The van der Waals surface area contributed by atoms with Crippen LogP contribution in [0.15, 0.2) is 76.5 Å². The molecule has 174 valence electrons. The van der Waals surface area contributed by atoms with Crippen molar-refractivity contribution in [2.75, 3.05) is 4.90 Å². The molecule has 0 spiro atoms. The summed E-state index contributed by atoms with van der Waals surface area (Å²) in [5, 5.41) is 3.22. The number of carbonyl (C=O) groups is 2. The second-order valence-electron chi connectivity index (χ2n) is 9.14. The summed E-state index contributed by atoms with van der Waals surface area (Å²) < 4.78 is 13.5. The minimum atomic E-state index is -0.317. The molecule has 1 aliphatic heterocycles. The molecule has 2 aliphatic rings. The number of fused-ring (bicyclic) bond motifs is 2. The summed E-state index contributed by atoms with van der Waals surface area (Å²) in [6, 6.07) is 19.5. The largest absolute Gasteiger partial charge is 0.349 e. The minimum absolute atomic E-state index is 0.109. The first kappa shape index (κ1) is 22.7. The van der Waals surface area contributed by atoms with E-state index in [1.54, 1.807) is 17.0 Å². The van der Waals surface area contributed by atoms with Gasteiger partial charge in [-0.3, -0.25) is 9.59 Å². The third kappa shape index (κ3) is 4.60. The lowest BCUT2D eigenvalue weighted by Gasteiger charge is -2.29. The smallest absolute Gasteiger partial charge is 0.259 e. The van der Waals surface area contributed by atoms with E-state index >= 15 is 0 Å². The molecule has 0 bridgehead atoms. The van der Waals surface area contributed by atoms with E-state index in [0.717, 1.165) is 34.6 Å². The van der Waals surface area contributed by atoms with E-state index < -0.39 is 0 Å². The lowest BCUT2D eigenvalue weighted by atomic mass is 9.86. The van der Waals surface area contributed by atoms with Gasteiger partial charge in [0, 0.05) is 21.4 Å². The molecule has 4 nitrogen and oxygen atoms in total. The lowest BCUT2D eigenvalue weighted by Crippen LogP contribution is -2.41. The third-order valence-electron chi connectivity index (χ3n) is 6.78. The molecule has 1 saturated carbocycles. The Morgan fingerprint density at radius 2 is 1.79 bits per heavy atom. The van der Waals surface area contributed by atoms with Crippen molar-refractivity contribution in [3.05, 3.63) is 89.2 Å².